The van der Waals surface area contributed by atoms with E-state index in [0.29, 0.717) is 12.5 Å². The first kappa shape index (κ1) is 27.3. The summed E-state index contributed by atoms with van der Waals surface area (Å²) in [6.07, 6.45) is -0.904. The molecule has 12 heteroatoms. The number of hydrogen-bond acceptors (Lipinski definition) is 7. The Morgan fingerprint density at radius 3 is 2.59 bits per heavy atom. The number of fused-ring (bicyclic) bond motifs is 3. The molecule has 5 rings (SSSR count). The van der Waals surface area contributed by atoms with Gasteiger partial charge in [-0.3, -0.25) is 4.90 Å². The Morgan fingerprint density at radius 1 is 1.22 bits per heavy atom. The van der Waals surface area contributed by atoms with Crippen molar-refractivity contribution in [2.75, 3.05) is 31.1 Å². The number of carboxylic acid groups (broad SMARTS) is 1. The van der Waals surface area contributed by atoms with Crippen LogP contribution in [-0.4, -0.2) is 72.0 Å². The van der Waals surface area contributed by atoms with Crippen molar-refractivity contribution in [2.45, 2.75) is 56.3 Å². The molecule has 0 saturated carbocycles. The molecule has 2 fully saturated rings. The molecule has 2 aromatic rings. The third-order valence-corrected chi connectivity index (χ3v) is 9.18. The molecule has 1 N–H and O–H groups in total. The second-order valence-electron chi connectivity index (χ2n) is 10.2. The summed E-state index contributed by atoms with van der Waals surface area (Å²) in [5.41, 5.74) is 4.22. The van der Waals surface area contributed by atoms with Crippen molar-refractivity contribution in [3.8, 4) is 0 Å². The predicted molar refractivity (Wildman–Crippen MR) is 132 cm³/mol. The number of piperidine rings is 1. The number of nitrogens with zero attached hydrogens (tertiary/aromatic N) is 4. The van der Waals surface area contributed by atoms with Crippen LogP contribution < -0.4 is 4.90 Å². The van der Waals surface area contributed by atoms with Gasteiger partial charge in [-0.15, -0.1) is 0 Å². The molecule has 37 heavy (non-hydrogen) atoms. The number of aliphatic carboxylic acids is 1. The monoisotopic (exact) mass is 540 g/mol. The van der Waals surface area contributed by atoms with Crippen molar-refractivity contribution in [3.63, 3.8) is 0 Å². The smallest absolute Gasteiger partial charge is 0.475 e. The number of benzene rings is 1. The van der Waals surface area contributed by atoms with Gasteiger partial charge in [-0.1, -0.05) is 36.8 Å². The van der Waals surface area contributed by atoms with Gasteiger partial charge in [0.05, 0.1) is 16.7 Å². The van der Waals surface area contributed by atoms with Crippen LogP contribution in [-0.2, 0) is 26.9 Å². The first-order valence-corrected chi connectivity index (χ1v) is 14.0. The van der Waals surface area contributed by atoms with Crippen LogP contribution in [0.25, 0.3) is 0 Å². The van der Waals surface area contributed by atoms with Gasteiger partial charge in [-0.05, 0) is 31.2 Å². The summed E-state index contributed by atoms with van der Waals surface area (Å²) >= 11 is 0. The topological polar surface area (TPSA) is 104 Å². The van der Waals surface area contributed by atoms with Gasteiger partial charge in [0.25, 0.3) is 0 Å². The lowest BCUT2D eigenvalue weighted by Crippen LogP contribution is -2.38. The lowest BCUT2D eigenvalue weighted by Gasteiger charge is -2.32. The number of anilines is 1. The molecule has 0 radical (unpaired) electrons. The summed E-state index contributed by atoms with van der Waals surface area (Å²) in [6.45, 7) is 8.42. The van der Waals surface area contributed by atoms with Crippen molar-refractivity contribution < 1.29 is 31.5 Å². The normalized spacial score (nSPS) is 25.0. The molecule has 202 valence electrons. The van der Waals surface area contributed by atoms with E-state index in [0.717, 1.165) is 49.8 Å². The van der Waals surface area contributed by atoms with Gasteiger partial charge < -0.3 is 10.0 Å². The summed E-state index contributed by atoms with van der Waals surface area (Å²) in [6, 6.07) is 8.46. The third kappa shape index (κ3) is 6.40. The number of alkyl halides is 3. The fraction of sp³-hybridized carbons (Fsp3) is 0.560. The summed E-state index contributed by atoms with van der Waals surface area (Å²) in [4.78, 5) is 23.0. The molecule has 0 aliphatic carbocycles. The van der Waals surface area contributed by atoms with Crippen LogP contribution in [0.2, 0.25) is 0 Å². The van der Waals surface area contributed by atoms with Crippen LogP contribution in [0, 0.1) is 12.8 Å². The Labute approximate surface area is 214 Å². The van der Waals surface area contributed by atoms with Crippen molar-refractivity contribution in [2.24, 2.45) is 5.92 Å². The fourth-order valence-corrected chi connectivity index (χ4v) is 7.39. The van der Waals surface area contributed by atoms with E-state index in [1.807, 2.05) is 0 Å². The lowest BCUT2D eigenvalue weighted by atomic mass is 9.99. The first-order chi connectivity index (χ1) is 17.3. The summed E-state index contributed by atoms with van der Waals surface area (Å²) in [5.74, 6) is -1.34. The quantitative estimate of drug-likeness (QED) is 0.631. The average molecular weight is 541 g/mol. The van der Waals surface area contributed by atoms with E-state index in [1.165, 1.54) is 17.5 Å². The average Bonchev–Trinajstić information content (AvgIpc) is 3.24. The number of halogens is 3. The molecule has 4 heterocycles. The van der Waals surface area contributed by atoms with E-state index in [9.17, 15) is 21.6 Å². The standard InChI is InChI=1S/C23H30N4O2S.C2HF3O2/c1-16-5-3-7-18(9-16)12-26-13-20-21(14-26)30(28,29)15-19-10-24-23(25-22(19)20)27-8-4-6-17(2)11-27;3-2(4,5)1(6)7/h3,5,7,9-10,17,20-21H,4,6,8,11-15H2,1-2H3;(H,6,7)/t17?,20-,21+;/m0./s1. The molecule has 3 aliphatic rings. The molecule has 3 aliphatic heterocycles. The van der Waals surface area contributed by atoms with Crippen LogP contribution in [0.1, 0.15) is 48.1 Å². The van der Waals surface area contributed by atoms with Crippen LogP contribution in [0.5, 0.6) is 0 Å². The van der Waals surface area contributed by atoms with Gasteiger partial charge in [0, 0.05) is 50.4 Å². The lowest BCUT2D eigenvalue weighted by molar-refractivity contribution is -0.192. The van der Waals surface area contributed by atoms with Crippen LogP contribution >= 0.6 is 0 Å². The maximum Gasteiger partial charge on any atom is 0.490 e. The minimum Gasteiger partial charge on any atom is -0.475 e. The molecular formula is C25H31F3N4O4S. The number of carbonyl (C=O) groups is 1. The second kappa shape index (κ2) is 10.6. The molecule has 0 bridgehead atoms. The highest BCUT2D eigenvalue weighted by atomic mass is 32.2. The Morgan fingerprint density at radius 2 is 1.95 bits per heavy atom. The molecule has 0 spiro atoms. The van der Waals surface area contributed by atoms with E-state index < -0.39 is 22.0 Å². The second-order valence-corrected chi connectivity index (χ2v) is 12.4. The minimum atomic E-state index is -5.08. The van der Waals surface area contributed by atoms with Gasteiger partial charge >= 0.3 is 12.1 Å². The number of aromatic nitrogens is 2. The molecule has 8 nitrogen and oxygen atoms in total. The van der Waals surface area contributed by atoms with Gasteiger partial charge in [-0.25, -0.2) is 23.2 Å². The molecular weight excluding hydrogens is 509 g/mol. The van der Waals surface area contributed by atoms with Crippen molar-refractivity contribution in [1.29, 1.82) is 0 Å². The number of sulfone groups is 1. The van der Waals surface area contributed by atoms with Gasteiger partial charge in [0.15, 0.2) is 9.84 Å². The number of carboxylic acids is 1. The van der Waals surface area contributed by atoms with Gasteiger partial charge in [0.2, 0.25) is 5.95 Å². The Kier molecular flexibility index (Phi) is 7.80. The molecule has 0 amide bonds. The van der Waals surface area contributed by atoms with Crippen molar-refractivity contribution in [3.05, 3.63) is 52.8 Å². The van der Waals surface area contributed by atoms with Crippen LogP contribution in [0.3, 0.4) is 0 Å². The van der Waals surface area contributed by atoms with Crippen molar-refractivity contribution >= 4 is 21.8 Å². The summed E-state index contributed by atoms with van der Waals surface area (Å²) < 4.78 is 57.8. The molecule has 1 unspecified atom stereocenters. The maximum atomic E-state index is 13.0. The summed E-state index contributed by atoms with van der Waals surface area (Å²) in [7, 11) is -3.19. The Balaban J connectivity index is 0.000000405. The number of likely N-dealkylation sites (tertiary alicyclic amines) is 1. The molecule has 1 aromatic carbocycles. The Bertz CT molecular complexity index is 1250. The maximum absolute atomic E-state index is 13.0. The first-order valence-electron chi connectivity index (χ1n) is 12.2. The number of rotatable bonds is 3. The summed E-state index contributed by atoms with van der Waals surface area (Å²) in [5, 5.41) is 6.76. The van der Waals surface area contributed by atoms with E-state index in [-0.39, 0.29) is 16.9 Å². The van der Waals surface area contributed by atoms with Crippen molar-refractivity contribution in [1.82, 2.24) is 14.9 Å². The Hall–Kier alpha value is -2.73. The highest BCUT2D eigenvalue weighted by Crippen LogP contribution is 2.40. The zero-order chi connectivity index (χ0) is 27.0. The predicted octanol–water partition coefficient (Wildman–Crippen LogP) is 3.55. The van der Waals surface area contributed by atoms with E-state index in [1.54, 1.807) is 6.20 Å². The van der Waals surface area contributed by atoms with E-state index >= 15 is 0 Å². The van der Waals surface area contributed by atoms with Crippen LogP contribution in [0.4, 0.5) is 19.1 Å². The molecule has 1 aromatic heterocycles. The zero-order valence-electron chi connectivity index (χ0n) is 20.8. The number of hydrogen-bond donors (Lipinski definition) is 1. The van der Waals surface area contributed by atoms with Crippen LogP contribution in [0.15, 0.2) is 30.5 Å². The minimum absolute atomic E-state index is 0.0625. The van der Waals surface area contributed by atoms with Gasteiger partial charge in [-0.2, -0.15) is 13.2 Å². The molecule has 2 saturated heterocycles. The van der Waals surface area contributed by atoms with E-state index in [4.69, 9.17) is 14.9 Å². The van der Waals surface area contributed by atoms with E-state index in [2.05, 4.69) is 52.9 Å². The highest BCUT2D eigenvalue weighted by molar-refractivity contribution is 7.91. The third-order valence-electron chi connectivity index (χ3n) is 7.07. The van der Waals surface area contributed by atoms with Gasteiger partial charge in [0.1, 0.15) is 0 Å². The largest absolute Gasteiger partial charge is 0.490 e. The molecule has 3 atom stereocenters. The SMILES string of the molecule is Cc1cccc(CN2C[C@@H]3c4nc(N5CCCC(C)C5)ncc4CS(=O)(=O)[C@@H]3C2)c1.O=C(O)C(F)(F)F. The highest BCUT2D eigenvalue weighted by Gasteiger charge is 2.47. The fourth-order valence-electron chi connectivity index (χ4n) is 5.37. The number of aryl methyl sites for hydroxylation is 1. The zero-order valence-corrected chi connectivity index (χ0v) is 21.6.